The van der Waals surface area contributed by atoms with E-state index in [4.69, 9.17) is 22.1 Å². The molecular formula is C16H18ClNO. The van der Waals surface area contributed by atoms with Crippen molar-refractivity contribution in [2.45, 2.75) is 25.5 Å². The molecule has 2 aromatic rings. The maximum Gasteiger partial charge on any atom is 0.0794 e. The first-order valence-corrected chi connectivity index (χ1v) is 7.10. The number of nitrogens with two attached hydrogens (primary N) is 1. The van der Waals surface area contributed by atoms with Gasteiger partial charge in [0.15, 0.2) is 0 Å². The van der Waals surface area contributed by atoms with E-state index in [9.17, 15) is 0 Å². The SMILES string of the molecule is CC1CCOC1C(N)c1ccc(Cl)c2ccccc12. The molecule has 3 heteroatoms. The monoisotopic (exact) mass is 275 g/mol. The van der Waals surface area contributed by atoms with E-state index in [0.717, 1.165) is 34.4 Å². The number of ether oxygens (including phenoxy) is 1. The Hall–Kier alpha value is -1.09. The lowest BCUT2D eigenvalue weighted by molar-refractivity contribution is 0.0728. The Labute approximate surface area is 118 Å². The van der Waals surface area contributed by atoms with E-state index in [1.165, 1.54) is 0 Å². The van der Waals surface area contributed by atoms with Crippen LogP contribution in [0.25, 0.3) is 10.8 Å². The van der Waals surface area contributed by atoms with Gasteiger partial charge in [-0.15, -0.1) is 0 Å². The van der Waals surface area contributed by atoms with Crippen molar-refractivity contribution in [1.82, 2.24) is 0 Å². The standard InChI is InChI=1S/C16H18ClNO/c1-10-8-9-19-16(10)15(18)13-6-7-14(17)12-5-3-2-4-11(12)13/h2-7,10,15-16H,8-9,18H2,1H3. The Kier molecular flexibility index (Phi) is 3.48. The Morgan fingerprint density at radius 3 is 2.63 bits per heavy atom. The predicted octanol–water partition coefficient (Wildman–Crippen LogP) is 3.92. The summed E-state index contributed by atoms with van der Waals surface area (Å²) in [6, 6.07) is 12.0. The largest absolute Gasteiger partial charge is 0.376 e. The zero-order chi connectivity index (χ0) is 13.4. The molecule has 0 aliphatic carbocycles. The van der Waals surface area contributed by atoms with Crippen LogP contribution in [0.1, 0.15) is 24.9 Å². The molecule has 1 aliphatic heterocycles. The zero-order valence-electron chi connectivity index (χ0n) is 11.0. The highest BCUT2D eigenvalue weighted by atomic mass is 35.5. The molecule has 0 spiro atoms. The first-order valence-electron chi connectivity index (χ1n) is 6.73. The third-order valence-corrected chi connectivity index (χ3v) is 4.39. The summed E-state index contributed by atoms with van der Waals surface area (Å²) in [6.45, 7) is 3.01. The Bertz CT molecular complexity index is 598. The van der Waals surface area contributed by atoms with Gasteiger partial charge in [0, 0.05) is 17.0 Å². The highest BCUT2D eigenvalue weighted by Gasteiger charge is 2.31. The Morgan fingerprint density at radius 1 is 1.21 bits per heavy atom. The van der Waals surface area contributed by atoms with E-state index in [1.807, 2.05) is 30.3 Å². The molecule has 2 N–H and O–H groups in total. The smallest absolute Gasteiger partial charge is 0.0794 e. The topological polar surface area (TPSA) is 35.2 Å². The molecule has 1 fully saturated rings. The van der Waals surface area contributed by atoms with Crippen molar-refractivity contribution < 1.29 is 4.74 Å². The van der Waals surface area contributed by atoms with Crippen molar-refractivity contribution in [2.75, 3.05) is 6.61 Å². The fourth-order valence-electron chi connectivity index (χ4n) is 2.93. The van der Waals surface area contributed by atoms with Crippen LogP contribution in [0.5, 0.6) is 0 Å². The minimum atomic E-state index is -0.0975. The van der Waals surface area contributed by atoms with Crippen LogP contribution in [0.15, 0.2) is 36.4 Å². The lowest BCUT2D eigenvalue weighted by atomic mass is 9.90. The van der Waals surface area contributed by atoms with Gasteiger partial charge in [0.2, 0.25) is 0 Å². The molecule has 0 radical (unpaired) electrons. The van der Waals surface area contributed by atoms with Crippen LogP contribution in [0, 0.1) is 5.92 Å². The Balaban J connectivity index is 2.07. The molecule has 3 atom stereocenters. The molecule has 0 saturated carbocycles. The van der Waals surface area contributed by atoms with E-state index < -0.39 is 0 Å². The first kappa shape index (κ1) is 12.9. The van der Waals surface area contributed by atoms with Gasteiger partial charge in [-0.2, -0.15) is 0 Å². The fourth-order valence-corrected chi connectivity index (χ4v) is 3.16. The lowest BCUT2D eigenvalue weighted by Crippen LogP contribution is -2.30. The lowest BCUT2D eigenvalue weighted by Gasteiger charge is -2.24. The zero-order valence-corrected chi connectivity index (χ0v) is 11.7. The third-order valence-electron chi connectivity index (χ3n) is 4.06. The van der Waals surface area contributed by atoms with E-state index in [-0.39, 0.29) is 12.1 Å². The average molecular weight is 276 g/mol. The van der Waals surface area contributed by atoms with E-state index in [1.54, 1.807) is 0 Å². The number of hydrogen-bond donors (Lipinski definition) is 1. The molecule has 1 heterocycles. The average Bonchev–Trinajstić information content (AvgIpc) is 2.85. The first-order chi connectivity index (χ1) is 9.18. The second-order valence-corrected chi connectivity index (χ2v) is 5.72. The summed E-state index contributed by atoms with van der Waals surface area (Å²) in [7, 11) is 0. The van der Waals surface area contributed by atoms with Gasteiger partial charge in [-0.05, 0) is 29.4 Å². The molecule has 1 saturated heterocycles. The summed E-state index contributed by atoms with van der Waals surface area (Å²) in [5.74, 6) is 0.504. The van der Waals surface area contributed by atoms with Gasteiger partial charge < -0.3 is 10.5 Å². The van der Waals surface area contributed by atoms with Crippen LogP contribution >= 0.6 is 11.6 Å². The van der Waals surface area contributed by atoms with Crippen molar-refractivity contribution in [3.8, 4) is 0 Å². The number of fused-ring (bicyclic) bond motifs is 1. The van der Waals surface area contributed by atoms with E-state index in [0.29, 0.717) is 5.92 Å². The van der Waals surface area contributed by atoms with Crippen LogP contribution in [-0.4, -0.2) is 12.7 Å². The summed E-state index contributed by atoms with van der Waals surface area (Å²) < 4.78 is 5.80. The predicted molar refractivity (Wildman–Crippen MR) is 79.4 cm³/mol. The fraction of sp³-hybridized carbons (Fsp3) is 0.375. The molecule has 0 bridgehead atoms. The quantitative estimate of drug-likeness (QED) is 0.902. The highest BCUT2D eigenvalue weighted by Crippen LogP contribution is 2.35. The second kappa shape index (κ2) is 5.12. The molecule has 0 aromatic heterocycles. The molecule has 1 aliphatic rings. The molecule has 2 aromatic carbocycles. The van der Waals surface area contributed by atoms with Crippen molar-refractivity contribution in [2.24, 2.45) is 11.7 Å². The minimum Gasteiger partial charge on any atom is -0.376 e. The molecule has 3 rings (SSSR count). The summed E-state index contributed by atoms with van der Waals surface area (Å²) >= 11 is 6.25. The number of benzene rings is 2. The summed E-state index contributed by atoms with van der Waals surface area (Å²) in [5.41, 5.74) is 7.56. The van der Waals surface area contributed by atoms with Crippen LogP contribution in [0.3, 0.4) is 0 Å². The molecule has 3 unspecified atom stereocenters. The van der Waals surface area contributed by atoms with Gasteiger partial charge in [-0.1, -0.05) is 48.9 Å². The maximum absolute atomic E-state index is 6.44. The third kappa shape index (κ3) is 2.25. The van der Waals surface area contributed by atoms with Crippen molar-refractivity contribution in [3.63, 3.8) is 0 Å². The van der Waals surface area contributed by atoms with Crippen LogP contribution < -0.4 is 5.73 Å². The second-order valence-electron chi connectivity index (χ2n) is 5.31. The van der Waals surface area contributed by atoms with Gasteiger partial charge in [0.1, 0.15) is 0 Å². The van der Waals surface area contributed by atoms with E-state index >= 15 is 0 Å². The molecule has 100 valence electrons. The van der Waals surface area contributed by atoms with Gasteiger partial charge in [-0.3, -0.25) is 0 Å². The van der Waals surface area contributed by atoms with Crippen LogP contribution in [0.4, 0.5) is 0 Å². The summed E-state index contributed by atoms with van der Waals surface area (Å²) in [4.78, 5) is 0. The number of rotatable bonds is 2. The number of hydrogen-bond acceptors (Lipinski definition) is 2. The van der Waals surface area contributed by atoms with Crippen molar-refractivity contribution in [1.29, 1.82) is 0 Å². The van der Waals surface area contributed by atoms with Gasteiger partial charge >= 0.3 is 0 Å². The summed E-state index contributed by atoms with van der Waals surface area (Å²) in [6.07, 6.45) is 1.19. The van der Waals surface area contributed by atoms with Crippen LogP contribution in [0.2, 0.25) is 5.02 Å². The molecular weight excluding hydrogens is 258 g/mol. The molecule has 0 amide bonds. The Morgan fingerprint density at radius 2 is 1.95 bits per heavy atom. The van der Waals surface area contributed by atoms with E-state index in [2.05, 4.69) is 13.0 Å². The number of halogens is 1. The normalized spacial score (nSPS) is 24.8. The van der Waals surface area contributed by atoms with Crippen LogP contribution in [-0.2, 0) is 4.74 Å². The molecule has 2 nitrogen and oxygen atoms in total. The highest BCUT2D eigenvalue weighted by molar-refractivity contribution is 6.35. The van der Waals surface area contributed by atoms with Gasteiger partial charge in [-0.25, -0.2) is 0 Å². The van der Waals surface area contributed by atoms with Gasteiger partial charge in [0.05, 0.1) is 12.1 Å². The molecule has 19 heavy (non-hydrogen) atoms. The maximum atomic E-state index is 6.44. The van der Waals surface area contributed by atoms with Gasteiger partial charge in [0.25, 0.3) is 0 Å². The minimum absolute atomic E-state index is 0.0975. The summed E-state index contributed by atoms with van der Waals surface area (Å²) in [5, 5.41) is 2.96. The van der Waals surface area contributed by atoms with Crippen molar-refractivity contribution in [3.05, 3.63) is 47.0 Å². The van der Waals surface area contributed by atoms with Crippen molar-refractivity contribution >= 4 is 22.4 Å².